The van der Waals surface area contributed by atoms with E-state index in [1.54, 1.807) is 6.92 Å². The van der Waals surface area contributed by atoms with E-state index in [1.165, 1.54) is 0 Å². The van der Waals surface area contributed by atoms with E-state index in [0.717, 1.165) is 11.3 Å². The molecule has 0 saturated carbocycles. The van der Waals surface area contributed by atoms with Gasteiger partial charge in [0.1, 0.15) is 5.75 Å². The molecule has 1 rings (SSSR count). The summed E-state index contributed by atoms with van der Waals surface area (Å²) in [6.45, 7) is 4.28. The van der Waals surface area contributed by atoms with Gasteiger partial charge in [-0.05, 0) is 31.0 Å². The van der Waals surface area contributed by atoms with Crippen LogP contribution in [-0.2, 0) is 9.59 Å². The largest absolute Gasteiger partial charge is 0.493 e. The lowest BCUT2D eigenvalue weighted by Gasteiger charge is -2.09. The molecule has 5 nitrogen and oxygen atoms in total. The van der Waals surface area contributed by atoms with Gasteiger partial charge in [0.15, 0.2) is 0 Å². The van der Waals surface area contributed by atoms with Crippen LogP contribution in [0.3, 0.4) is 0 Å². The van der Waals surface area contributed by atoms with Gasteiger partial charge in [0, 0.05) is 6.54 Å². The number of ether oxygens (including phenoxy) is 1. The molecule has 0 aromatic heterocycles. The summed E-state index contributed by atoms with van der Waals surface area (Å²) < 4.78 is 5.47. The first-order valence-electron chi connectivity index (χ1n) is 6.68. The molecular formula is C15H21NO4. The maximum absolute atomic E-state index is 11.5. The third-order valence-corrected chi connectivity index (χ3v) is 2.91. The average molecular weight is 279 g/mol. The highest BCUT2D eigenvalue weighted by Gasteiger charge is 2.10. The second kappa shape index (κ2) is 8.19. The van der Waals surface area contributed by atoms with E-state index in [4.69, 9.17) is 9.84 Å². The molecule has 20 heavy (non-hydrogen) atoms. The van der Waals surface area contributed by atoms with E-state index in [9.17, 15) is 9.59 Å². The third-order valence-electron chi connectivity index (χ3n) is 2.91. The van der Waals surface area contributed by atoms with Crippen LogP contribution in [0.25, 0.3) is 0 Å². The number of carboxylic acids is 1. The van der Waals surface area contributed by atoms with Gasteiger partial charge in [-0.2, -0.15) is 0 Å². The number of rotatable bonds is 8. The highest BCUT2D eigenvalue weighted by Crippen LogP contribution is 2.12. The summed E-state index contributed by atoms with van der Waals surface area (Å²) in [7, 11) is 0. The number of carbonyl (C=O) groups is 2. The van der Waals surface area contributed by atoms with Crippen LogP contribution in [0.4, 0.5) is 0 Å². The van der Waals surface area contributed by atoms with Crippen molar-refractivity contribution in [3.8, 4) is 5.75 Å². The SMILES string of the molecule is Cc1cccc(OCCC(=O)NCCC(C)C(=O)O)c1. The van der Waals surface area contributed by atoms with Crippen molar-refractivity contribution in [2.75, 3.05) is 13.2 Å². The Kier molecular flexibility index (Phi) is 6.56. The number of aliphatic carboxylic acids is 1. The van der Waals surface area contributed by atoms with Crippen molar-refractivity contribution in [2.24, 2.45) is 5.92 Å². The number of amides is 1. The second-order valence-electron chi connectivity index (χ2n) is 4.79. The average Bonchev–Trinajstić information content (AvgIpc) is 2.38. The first-order valence-corrected chi connectivity index (χ1v) is 6.68. The highest BCUT2D eigenvalue weighted by atomic mass is 16.5. The molecule has 0 aliphatic carbocycles. The summed E-state index contributed by atoms with van der Waals surface area (Å²) >= 11 is 0. The monoisotopic (exact) mass is 279 g/mol. The van der Waals surface area contributed by atoms with Crippen LogP contribution in [0.1, 0.15) is 25.3 Å². The zero-order chi connectivity index (χ0) is 15.0. The van der Waals surface area contributed by atoms with Gasteiger partial charge in [0.05, 0.1) is 18.9 Å². The molecule has 0 spiro atoms. The summed E-state index contributed by atoms with van der Waals surface area (Å²) in [5.74, 6) is -0.673. The topological polar surface area (TPSA) is 75.6 Å². The van der Waals surface area contributed by atoms with E-state index in [-0.39, 0.29) is 12.3 Å². The molecule has 0 bridgehead atoms. The fourth-order valence-electron chi connectivity index (χ4n) is 1.61. The van der Waals surface area contributed by atoms with Gasteiger partial charge < -0.3 is 15.2 Å². The van der Waals surface area contributed by atoms with Gasteiger partial charge in [-0.1, -0.05) is 19.1 Å². The van der Waals surface area contributed by atoms with Crippen molar-refractivity contribution >= 4 is 11.9 Å². The molecule has 0 fully saturated rings. The van der Waals surface area contributed by atoms with Crippen LogP contribution in [0.2, 0.25) is 0 Å². The standard InChI is InChI=1S/C15H21NO4/c1-11-4-3-5-13(10-11)20-9-7-14(17)16-8-6-12(2)15(18)19/h3-5,10,12H,6-9H2,1-2H3,(H,16,17)(H,18,19). The number of aryl methyl sites for hydroxylation is 1. The Morgan fingerprint density at radius 1 is 1.40 bits per heavy atom. The Labute approximate surface area is 118 Å². The molecule has 110 valence electrons. The number of carboxylic acid groups (broad SMARTS) is 1. The maximum atomic E-state index is 11.5. The van der Waals surface area contributed by atoms with Crippen molar-refractivity contribution in [3.05, 3.63) is 29.8 Å². The second-order valence-corrected chi connectivity index (χ2v) is 4.79. The Bertz CT molecular complexity index is 459. The van der Waals surface area contributed by atoms with Gasteiger partial charge in [-0.3, -0.25) is 9.59 Å². The van der Waals surface area contributed by atoms with Crippen molar-refractivity contribution < 1.29 is 19.4 Å². The van der Waals surface area contributed by atoms with Gasteiger partial charge in [-0.25, -0.2) is 0 Å². The number of hydrogen-bond acceptors (Lipinski definition) is 3. The van der Waals surface area contributed by atoms with Crippen molar-refractivity contribution in [2.45, 2.75) is 26.7 Å². The lowest BCUT2D eigenvalue weighted by atomic mass is 10.1. The zero-order valence-corrected chi connectivity index (χ0v) is 11.9. The number of benzene rings is 1. The quantitative estimate of drug-likeness (QED) is 0.763. The Balaban J connectivity index is 2.16. The predicted molar refractivity (Wildman–Crippen MR) is 75.7 cm³/mol. The van der Waals surface area contributed by atoms with E-state index < -0.39 is 11.9 Å². The Hall–Kier alpha value is -2.04. The van der Waals surface area contributed by atoms with Crippen LogP contribution < -0.4 is 10.1 Å². The van der Waals surface area contributed by atoms with Gasteiger partial charge in [0.25, 0.3) is 0 Å². The Morgan fingerprint density at radius 2 is 2.15 bits per heavy atom. The molecule has 1 aromatic carbocycles. The predicted octanol–water partition coefficient (Wildman–Crippen LogP) is 1.99. The maximum Gasteiger partial charge on any atom is 0.306 e. The molecule has 2 N–H and O–H groups in total. The van der Waals surface area contributed by atoms with Gasteiger partial charge >= 0.3 is 5.97 Å². The summed E-state index contributed by atoms with van der Waals surface area (Å²) in [5.41, 5.74) is 1.11. The van der Waals surface area contributed by atoms with E-state index in [2.05, 4.69) is 5.32 Å². The molecular weight excluding hydrogens is 258 g/mol. The van der Waals surface area contributed by atoms with Crippen molar-refractivity contribution in [1.82, 2.24) is 5.32 Å². The number of nitrogens with one attached hydrogen (secondary N) is 1. The molecule has 0 aliphatic heterocycles. The van der Waals surface area contributed by atoms with E-state index in [0.29, 0.717) is 19.6 Å². The lowest BCUT2D eigenvalue weighted by Crippen LogP contribution is -2.28. The normalized spacial score (nSPS) is 11.7. The van der Waals surface area contributed by atoms with Crippen LogP contribution in [0.15, 0.2) is 24.3 Å². The minimum absolute atomic E-state index is 0.129. The summed E-state index contributed by atoms with van der Waals surface area (Å²) in [5, 5.41) is 11.4. The molecule has 0 radical (unpaired) electrons. The summed E-state index contributed by atoms with van der Waals surface area (Å²) in [6.07, 6.45) is 0.690. The summed E-state index contributed by atoms with van der Waals surface area (Å²) in [4.78, 5) is 22.1. The highest BCUT2D eigenvalue weighted by molar-refractivity contribution is 5.76. The molecule has 1 amide bonds. The first-order chi connectivity index (χ1) is 9.49. The van der Waals surface area contributed by atoms with Gasteiger partial charge in [0.2, 0.25) is 5.91 Å². The first kappa shape index (κ1) is 16.0. The minimum Gasteiger partial charge on any atom is -0.493 e. The van der Waals surface area contributed by atoms with E-state index in [1.807, 2.05) is 31.2 Å². The molecule has 5 heteroatoms. The minimum atomic E-state index is -0.845. The van der Waals surface area contributed by atoms with Crippen LogP contribution in [0, 0.1) is 12.8 Å². The molecule has 1 aromatic rings. The fraction of sp³-hybridized carbons (Fsp3) is 0.467. The fourth-order valence-corrected chi connectivity index (χ4v) is 1.61. The molecule has 0 saturated heterocycles. The third kappa shape index (κ3) is 6.22. The molecule has 0 aliphatic rings. The molecule has 0 heterocycles. The van der Waals surface area contributed by atoms with Crippen LogP contribution in [-0.4, -0.2) is 30.1 Å². The van der Waals surface area contributed by atoms with Crippen molar-refractivity contribution in [3.63, 3.8) is 0 Å². The lowest BCUT2D eigenvalue weighted by molar-refractivity contribution is -0.141. The summed E-state index contributed by atoms with van der Waals surface area (Å²) in [6, 6.07) is 7.63. The smallest absolute Gasteiger partial charge is 0.306 e. The van der Waals surface area contributed by atoms with Crippen LogP contribution in [0.5, 0.6) is 5.75 Å². The Morgan fingerprint density at radius 3 is 2.80 bits per heavy atom. The molecule has 1 atom stereocenters. The van der Waals surface area contributed by atoms with E-state index >= 15 is 0 Å². The number of hydrogen-bond donors (Lipinski definition) is 2. The van der Waals surface area contributed by atoms with Crippen molar-refractivity contribution in [1.29, 1.82) is 0 Å². The van der Waals surface area contributed by atoms with Crippen LogP contribution >= 0.6 is 0 Å². The number of carbonyl (C=O) groups excluding carboxylic acids is 1. The zero-order valence-electron chi connectivity index (χ0n) is 11.9. The van der Waals surface area contributed by atoms with Gasteiger partial charge in [-0.15, -0.1) is 0 Å². The molecule has 1 unspecified atom stereocenters.